The lowest BCUT2D eigenvalue weighted by Crippen LogP contribution is -2.31. The van der Waals surface area contributed by atoms with E-state index in [-0.39, 0.29) is 11.9 Å². The number of thioether (sulfide) groups is 1. The van der Waals surface area contributed by atoms with Crippen molar-refractivity contribution in [3.05, 3.63) is 42.5 Å². The fourth-order valence-corrected chi connectivity index (χ4v) is 4.59. The molecule has 0 radical (unpaired) electrons. The smallest absolute Gasteiger partial charge is 0.233 e. The Morgan fingerprint density at radius 2 is 2.27 bits per heavy atom. The van der Waals surface area contributed by atoms with E-state index in [9.17, 15) is 4.79 Å². The highest BCUT2D eigenvalue weighted by Crippen LogP contribution is 2.34. The second-order valence-electron chi connectivity index (χ2n) is 5.85. The van der Waals surface area contributed by atoms with Crippen LogP contribution in [0.5, 0.6) is 5.75 Å². The molecule has 8 heteroatoms. The molecule has 1 fully saturated rings. The molecule has 1 aliphatic rings. The van der Waals surface area contributed by atoms with Crippen molar-refractivity contribution in [1.29, 1.82) is 0 Å². The maximum absolute atomic E-state index is 12.7. The Morgan fingerprint density at radius 3 is 3.00 bits per heavy atom. The molecule has 1 saturated heterocycles. The first-order valence-electron chi connectivity index (χ1n) is 8.45. The van der Waals surface area contributed by atoms with E-state index < -0.39 is 0 Å². The van der Waals surface area contributed by atoms with Crippen LogP contribution >= 0.6 is 23.1 Å². The topological polar surface area (TPSA) is 67.4 Å². The summed E-state index contributed by atoms with van der Waals surface area (Å²) in [6, 6.07) is 8.14. The molecule has 1 aliphatic heterocycles. The third-order valence-electron chi connectivity index (χ3n) is 4.20. The number of ether oxygens (including phenoxy) is 1. The highest BCUT2D eigenvalue weighted by molar-refractivity contribution is 8.01. The van der Waals surface area contributed by atoms with Gasteiger partial charge in [0.25, 0.3) is 0 Å². The molecule has 2 heterocycles. The van der Waals surface area contributed by atoms with Crippen molar-refractivity contribution in [2.75, 3.05) is 31.3 Å². The molecule has 1 aromatic heterocycles. The minimum Gasteiger partial charge on any atom is -0.497 e. The zero-order valence-corrected chi connectivity index (χ0v) is 16.3. The largest absolute Gasteiger partial charge is 0.497 e. The molecule has 2 aromatic rings. The van der Waals surface area contributed by atoms with Crippen LogP contribution in [0, 0.1) is 0 Å². The lowest BCUT2D eigenvalue weighted by Gasteiger charge is -2.25. The van der Waals surface area contributed by atoms with Gasteiger partial charge in [-0.25, -0.2) is 0 Å². The summed E-state index contributed by atoms with van der Waals surface area (Å²) in [6.07, 6.45) is 3.79. The number of methoxy groups -OCH3 is 1. The van der Waals surface area contributed by atoms with Crippen molar-refractivity contribution in [1.82, 2.24) is 15.1 Å². The van der Waals surface area contributed by atoms with E-state index in [0.29, 0.717) is 12.3 Å². The van der Waals surface area contributed by atoms with Gasteiger partial charge in [-0.05, 0) is 30.5 Å². The number of hydrogen-bond donors (Lipinski definition) is 1. The van der Waals surface area contributed by atoms with E-state index in [1.165, 1.54) is 23.1 Å². The van der Waals surface area contributed by atoms with Crippen molar-refractivity contribution in [2.24, 2.45) is 0 Å². The zero-order chi connectivity index (χ0) is 18.4. The Hall–Kier alpha value is -2.06. The molecule has 26 heavy (non-hydrogen) atoms. The van der Waals surface area contributed by atoms with Crippen LogP contribution in [0.3, 0.4) is 0 Å². The number of hydrogen-bond acceptors (Lipinski definition) is 7. The van der Waals surface area contributed by atoms with Crippen LogP contribution in [0.4, 0.5) is 5.13 Å². The average Bonchev–Trinajstić information content (AvgIpc) is 3.34. The van der Waals surface area contributed by atoms with Crippen molar-refractivity contribution in [3.8, 4) is 5.75 Å². The highest BCUT2D eigenvalue weighted by Gasteiger charge is 2.29. The summed E-state index contributed by atoms with van der Waals surface area (Å²) in [5.41, 5.74) is 1.16. The summed E-state index contributed by atoms with van der Waals surface area (Å²) in [5.74, 6) is 1.35. The molecule has 6 nitrogen and oxygen atoms in total. The SMILES string of the molecule is C=CCNc1nnc(SCC(=O)N2CCCC2c2ccc(OC)cc2)s1. The Balaban J connectivity index is 1.57. The molecule has 3 rings (SSSR count). The van der Waals surface area contributed by atoms with Gasteiger partial charge in [0.1, 0.15) is 5.75 Å². The summed E-state index contributed by atoms with van der Waals surface area (Å²) < 4.78 is 6.01. The lowest BCUT2D eigenvalue weighted by molar-refractivity contribution is -0.129. The number of nitrogens with one attached hydrogen (secondary N) is 1. The van der Waals surface area contributed by atoms with Crippen LogP contribution in [0.15, 0.2) is 41.3 Å². The molecule has 0 bridgehead atoms. The van der Waals surface area contributed by atoms with E-state index in [2.05, 4.69) is 22.1 Å². The van der Waals surface area contributed by atoms with Gasteiger partial charge in [0, 0.05) is 13.1 Å². The molecule has 1 amide bonds. The van der Waals surface area contributed by atoms with E-state index in [0.717, 1.165) is 40.2 Å². The van der Waals surface area contributed by atoms with Gasteiger partial charge in [0.05, 0.1) is 18.9 Å². The van der Waals surface area contributed by atoms with Crippen molar-refractivity contribution < 1.29 is 9.53 Å². The maximum Gasteiger partial charge on any atom is 0.233 e. The van der Waals surface area contributed by atoms with Crippen LogP contribution < -0.4 is 10.1 Å². The minimum absolute atomic E-state index is 0.143. The standard InChI is InChI=1S/C18H22N4O2S2/c1-3-10-19-17-20-21-18(26-17)25-12-16(23)22-11-4-5-15(22)13-6-8-14(24-2)9-7-13/h3,6-9,15H,1,4-5,10-12H2,2H3,(H,19,20). The van der Waals surface area contributed by atoms with E-state index in [1.54, 1.807) is 13.2 Å². The normalized spacial score (nSPS) is 16.5. The summed E-state index contributed by atoms with van der Waals surface area (Å²) in [7, 11) is 1.66. The van der Waals surface area contributed by atoms with Gasteiger partial charge in [0.2, 0.25) is 11.0 Å². The Bertz CT molecular complexity index is 748. The number of carbonyl (C=O) groups is 1. The fourth-order valence-electron chi connectivity index (χ4n) is 2.94. The first-order chi connectivity index (χ1) is 12.7. The molecular weight excluding hydrogens is 368 g/mol. The second kappa shape index (κ2) is 9.05. The molecule has 1 atom stereocenters. The summed E-state index contributed by atoms with van der Waals surface area (Å²) in [5, 5.41) is 12.0. The van der Waals surface area contributed by atoms with Gasteiger partial charge in [-0.2, -0.15) is 0 Å². The van der Waals surface area contributed by atoms with Gasteiger partial charge in [-0.1, -0.05) is 41.3 Å². The van der Waals surface area contributed by atoms with Crippen molar-refractivity contribution >= 4 is 34.1 Å². The van der Waals surface area contributed by atoms with Gasteiger partial charge in [0.15, 0.2) is 4.34 Å². The third kappa shape index (κ3) is 4.56. The lowest BCUT2D eigenvalue weighted by atomic mass is 10.0. The Kier molecular flexibility index (Phi) is 6.51. The number of aromatic nitrogens is 2. The van der Waals surface area contributed by atoms with E-state index in [4.69, 9.17) is 4.74 Å². The average molecular weight is 391 g/mol. The highest BCUT2D eigenvalue weighted by atomic mass is 32.2. The molecule has 0 saturated carbocycles. The van der Waals surface area contributed by atoms with E-state index >= 15 is 0 Å². The predicted molar refractivity (Wildman–Crippen MR) is 106 cm³/mol. The van der Waals surface area contributed by atoms with Crippen LogP contribution in [0.2, 0.25) is 0 Å². The number of nitrogens with zero attached hydrogens (tertiary/aromatic N) is 3. The first-order valence-corrected chi connectivity index (χ1v) is 10.3. The van der Waals surface area contributed by atoms with Crippen LogP contribution in [-0.4, -0.2) is 47.0 Å². The number of anilines is 1. The number of benzene rings is 1. The number of likely N-dealkylation sites (tertiary alicyclic amines) is 1. The predicted octanol–water partition coefficient (Wildman–Crippen LogP) is 3.60. The Morgan fingerprint density at radius 1 is 1.46 bits per heavy atom. The van der Waals surface area contributed by atoms with Gasteiger partial charge in [-0.15, -0.1) is 16.8 Å². The maximum atomic E-state index is 12.7. The summed E-state index contributed by atoms with van der Waals surface area (Å²) >= 11 is 2.90. The van der Waals surface area contributed by atoms with Crippen LogP contribution in [-0.2, 0) is 4.79 Å². The molecule has 1 N–H and O–H groups in total. The Labute approximate surface area is 161 Å². The monoisotopic (exact) mass is 390 g/mol. The fraction of sp³-hybridized carbons (Fsp3) is 0.389. The molecule has 1 unspecified atom stereocenters. The number of amides is 1. The molecule has 1 aromatic carbocycles. The second-order valence-corrected chi connectivity index (χ2v) is 8.05. The number of rotatable bonds is 8. The van der Waals surface area contributed by atoms with Gasteiger partial charge in [-0.3, -0.25) is 4.79 Å². The molecule has 138 valence electrons. The molecule has 0 spiro atoms. The first kappa shape index (κ1) is 18.7. The summed E-state index contributed by atoms with van der Waals surface area (Å²) in [6.45, 7) is 5.11. The molecular formula is C18H22N4O2S2. The van der Waals surface area contributed by atoms with Crippen molar-refractivity contribution in [3.63, 3.8) is 0 Å². The minimum atomic E-state index is 0.143. The van der Waals surface area contributed by atoms with Gasteiger partial charge < -0.3 is 15.0 Å². The third-order valence-corrected chi connectivity index (χ3v) is 6.20. The van der Waals surface area contributed by atoms with Crippen LogP contribution in [0.1, 0.15) is 24.4 Å². The quantitative estimate of drug-likeness (QED) is 0.549. The van der Waals surface area contributed by atoms with E-state index in [1.807, 2.05) is 29.2 Å². The molecule has 0 aliphatic carbocycles. The summed E-state index contributed by atoms with van der Waals surface area (Å²) in [4.78, 5) is 14.7. The van der Waals surface area contributed by atoms with Crippen molar-refractivity contribution in [2.45, 2.75) is 23.2 Å². The zero-order valence-electron chi connectivity index (χ0n) is 14.7. The van der Waals surface area contributed by atoms with Gasteiger partial charge >= 0.3 is 0 Å². The van der Waals surface area contributed by atoms with Crippen LogP contribution in [0.25, 0.3) is 0 Å². The number of carbonyl (C=O) groups excluding carboxylic acids is 1.